The third-order valence-electron chi connectivity index (χ3n) is 2.77. The number of aliphatic hydroxyl groups excluding tert-OH is 1. The van der Waals surface area contributed by atoms with Gasteiger partial charge >= 0.3 is 0 Å². The van der Waals surface area contributed by atoms with Gasteiger partial charge in [-0.1, -0.05) is 24.3 Å². The average Bonchev–Trinajstić information content (AvgIpc) is 2.99. The van der Waals surface area contributed by atoms with Crippen LogP contribution in [0.2, 0.25) is 0 Å². The quantitative estimate of drug-likeness (QED) is 0.859. The first-order valence-corrected chi connectivity index (χ1v) is 7.25. The van der Waals surface area contributed by atoms with Crippen LogP contribution in [0.3, 0.4) is 0 Å². The van der Waals surface area contributed by atoms with Crippen LogP contribution in [-0.4, -0.2) is 23.7 Å². The first-order chi connectivity index (χ1) is 9.66. The Hall–Kier alpha value is -1.85. The first-order valence-electron chi connectivity index (χ1n) is 6.37. The van der Waals surface area contributed by atoms with Crippen molar-refractivity contribution in [2.45, 2.75) is 19.1 Å². The highest BCUT2D eigenvalue weighted by Crippen LogP contribution is 2.17. The Bertz CT molecular complexity index is 527. The number of carbonyl (C=O) groups excluding carboxylic acids is 1. The van der Waals surface area contributed by atoms with E-state index in [9.17, 15) is 9.90 Å². The Balaban J connectivity index is 1.79. The maximum atomic E-state index is 11.9. The molecule has 0 radical (unpaired) electrons. The zero-order valence-corrected chi connectivity index (χ0v) is 12.0. The molecule has 2 aromatic rings. The first kappa shape index (κ1) is 14.6. The van der Waals surface area contributed by atoms with Gasteiger partial charge in [0.1, 0.15) is 11.9 Å². The second-order valence-corrected chi connectivity index (χ2v) is 5.33. The second-order valence-electron chi connectivity index (χ2n) is 4.35. The number of aliphatic hydroxyl groups is 1. The summed E-state index contributed by atoms with van der Waals surface area (Å²) in [4.78, 5) is 12.7. The summed E-state index contributed by atoms with van der Waals surface area (Å²) in [6, 6.07) is 12.9. The minimum atomic E-state index is -0.678. The molecule has 0 fully saturated rings. The van der Waals surface area contributed by atoms with E-state index in [1.165, 1.54) is 11.3 Å². The van der Waals surface area contributed by atoms with Gasteiger partial charge in [-0.3, -0.25) is 4.79 Å². The summed E-state index contributed by atoms with van der Waals surface area (Å²) in [6.45, 7) is 1.86. The van der Waals surface area contributed by atoms with Crippen LogP contribution in [0.25, 0.3) is 0 Å². The van der Waals surface area contributed by atoms with Crippen LogP contribution in [0.4, 0.5) is 0 Å². The molecule has 0 aliphatic heterocycles. The van der Waals surface area contributed by atoms with E-state index in [0.29, 0.717) is 5.75 Å². The molecule has 2 unspecified atom stereocenters. The van der Waals surface area contributed by atoms with Crippen molar-refractivity contribution in [1.82, 2.24) is 5.32 Å². The van der Waals surface area contributed by atoms with E-state index in [2.05, 4.69) is 5.32 Å². The lowest BCUT2D eigenvalue weighted by atomic mass is 10.2. The number of benzene rings is 1. The zero-order valence-electron chi connectivity index (χ0n) is 11.2. The van der Waals surface area contributed by atoms with Crippen LogP contribution in [0.5, 0.6) is 5.75 Å². The van der Waals surface area contributed by atoms with E-state index in [1.54, 1.807) is 19.1 Å². The van der Waals surface area contributed by atoms with Crippen LogP contribution in [0.15, 0.2) is 47.8 Å². The highest BCUT2D eigenvalue weighted by Gasteiger charge is 2.16. The van der Waals surface area contributed by atoms with Gasteiger partial charge in [0.05, 0.1) is 0 Å². The molecule has 106 valence electrons. The van der Waals surface area contributed by atoms with Gasteiger partial charge in [-0.2, -0.15) is 0 Å². The molecule has 1 amide bonds. The summed E-state index contributed by atoms with van der Waals surface area (Å²) >= 11 is 1.46. The van der Waals surface area contributed by atoms with E-state index in [0.717, 1.165) is 4.88 Å². The fourth-order valence-corrected chi connectivity index (χ4v) is 2.39. The predicted octanol–water partition coefficient (Wildman–Crippen LogP) is 2.37. The Morgan fingerprint density at radius 1 is 1.30 bits per heavy atom. The normalized spacial score (nSPS) is 13.5. The van der Waals surface area contributed by atoms with Crippen molar-refractivity contribution in [1.29, 1.82) is 0 Å². The molecule has 2 rings (SSSR count). The van der Waals surface area contributed by atoms with Crippen molar-refractivity contribution in [2.24, 2.45) is 0 Å². The Labute approximate surface area is 122 Å². The molecule has 5 heteroatoms. The molecule has 1 aromatic heterocycles. The third kappa shape index (κ3) is 4.08. The molecule has 1 aromatic carbocycles. The summed E-state index contributed by atoms with van der Waals surface area (Å²) in [5.74, 6) is 0.401. The standard InChI is InChI=1S/C15H17NO3S/c1-11(19-12-6-3-2-4-7-12)15(18)16-10-13(17)14-8-5-9-20-14/h2-9,11,13,17H,10H2,1H3,(H,16,18). The van der Waals surface area contributed by atoms with Gasteiger partial charge in [0.15, 0.2) is 6.10 Å². The van der Waals surface area contributed by atoms with Gasteiger partial charge in [0, 0.05) is 11.4 Å². The van der Waals surface area contributed by atoms with Crippen molar-refractivity contribution < 1.29 is 14.6 Å². The summed E-state index contributed by atoms with van der Waals surface area (Å²) in [5.41, 5.74) is 0. The van der Waals surface area contributed by atoms with Crippen LogP contribution >= 0.6 is 11.3 Å². The van der Waals surface area contributed by atoms with Gasteiger partial charge in [-0.25, -0.2) is 0 Å². The van der Waals surface area contributed by atoms with Gasteiger partial charge in [-0.15, -0.1) is 11.3 Å². The number of nitrogens with one attached hydrogen (secondary N) is 1. The van der Waals surface area contributed by atoms with Crippen LogP contribution in [0.1, 0.15) is 17.9 Å². The molecule has 20 heavy (non-hydrogen) atoms. The van der Waals surface area contributed by atoms with Gasteiger partial charge in [-0.05, 0) is 30.5 Å². The van der Waals surface area contributed by atoms with E-state index >= 15 is 0 Å². The zero-order chi connectivity index (χ0) is 14.4. The average molecular weight is 291 g/mol. The van der Waals surface area contributed by atoms with E-state index in [4.69, 9.17) is 4.74 Å². The van der Waals surface area contributed by atoms with Gasteiger partial charge in [0.2, 0.25) is 0 Å². The Morgan fingerprint density at radius 3 is 2.70 bits per heavy atom. The third-order valence-corrected chi connectivity index (χ3v) is 3.74. The molecule has 2 N–H and O–H groups in total. The summed E-state index contributed by atoms with van der Waals surface area (Å²) in [6.07, 6.45) is -1.28. The Morgan fingerprint density at radius 2 is 2.05 bits per heavy atom. The minimum absolute atomic E-state index is 0.182. The number of amides is 1. The summed E-state index contributed by atoms with van der Waals surface area (Å²) in [5, 5.41) is 14.5. The molecular formula is C15H17NO3S. The summed E-state index contributed by atoms with van der Waals surface area (Å²) in [7, 11) is 0. The number of rotatable bonds is 6. The van der Waals surface area contributed by atoms with E-state index < -0.39 is 12.2 Å². The highest BCUT2D eigenvalue weighted by molar-refractivity contribution is 7.10. The number of para-hydroxylation sites is 1. The van der Waals surface area contributed by atoms with Crippen molar-refractivity contribution in [3.63, 3.8) is 0 Å². The predicted molar refractivity (Wildman–Crippen MR) is 78.8 cm³/mol. The van der Waals surface area contributed by atoms with Crippen molar-refractivity contribution in [3.05, 3.63) is 52.7 Å². The lowest BCUT2D eigenvalue weighted by Crippen LogP contribution is -2.38. The molecule has 0 spiro atoms. The number of hydrogen-bond acceptors (Lipinski definition) is 4. The fourth-order valence-electron chi connectivity index (χ4n) is 1.68. The number of ether oxygens (including phenoxy) is 1. The molecule has 2 atom stereocenters. The lowest BCUT2D eigenvalue weighted by molar-refractivity contribution is -0.127. The monoisotopic (exact) mass is 291 g/mol. The van der Waals surface area contributed by atoms with Gasteiger partial charge in [0.25, 0.3) is 5.91 Å². The number of hydrogen-bond donors (Lipinski definition) is 2. The molecule has 1 heterocycles. The molecule has 0 saturated carbocycles. The lowest BCUT2D eigenvalue weighted by Gasteiger charge is -2.16. The SMILES string of the molecule is CC(Oc1ccccc1)C(=O)NCC(O)c1cccs1. The molecule has 0 saturated heterocycles. The molecule has 4 nitrogen and oxygen atoms in total. The van der Waals surface area contributed by atoms with E-state index in [-0.39, 0.29) is 12.5 Å². The fraction of sp³-hybridized carbons (Fsp3) is 0.267. The maximum Gasteiger partial charge on any atom is 0.260 e. The molecule has 0 bridgehead atoms. The smallest absolute Gasteiger partial charge is 0.260 e. The van der Waals surface area contributed by atoms with Crippen LogP contribution in [-0.2, 0) is 4.79 Å². The second kappa shape index (κ2) is 7.07. The summed E-state index contributed by atoms with van der Waals surface area (Å²) < 4.78 is 5.51. The molecular weight excluding hydrogens is 274 g/mol. The topological polar surface area (TPSA) is 58.6 Å². The number of thiophene rings is 1. The minimum Gasteiger partial charge on any atom is -0.481 e. The number of carbonyl (C=O) groups is 1. The largest absolute Gasteiger partial charge is 0.481 e. The maximum absolute atomic E-state index is 11.9. The van der Waals surface area contributed by atoms with E-state index in [1.807, 2.05) is 35.7 Å². The Kier molecular flexibility index (Phi) is 5.15. The van der Waals surface area contributed by atoms with Crippen molar-refractivity contribution in [3.8, 4) is 5.75 Å². The molecule has 0 aliphatic carbocycles. The van der Waals surface area contributed by atoms with Crippen molar-refractivity contribution in [2.75, 3.05) is 6.54 Å². The van der Waals surface area contributed by atoms with Crippen molar-refractivity contribution >= 4 is 17.2 Å². The molecule has 0 aliphatic rings. The van der Waals surface area contributed by atoms with Crippen LogP contribution in [0, 0.1) is 0 Å². The van der Waals surface area contributed by atoms with Crippen LogP contribution < -0.4 is 10.1 Å². The van der Waals surface area contributed by atoms with Gasteiger partial charge < -0.3 is 15.2 Å². The highest BCUT2D eigenvalue weighted by atomic mass is 32.1.